The number of hydrogen-bond acceptors (Lipinski definition) is 5. The van der Waals surface area contributed by atoms with Crippen molar-refractivity contribution < 1.29 is 27.8 Å². The fourth-order valence-corrected chi connectivity index (χ4v) is 2.44. The Morgan fingerprint density at radius 2 is 1.75 bits per heavy atom. The van der Waals surface area contributed by atoms with Crippen molar-refractivity contribution in [3.05, 3.63) is 64.7 Å². The van der Waals surface area contributed by atoms with E-state index in [-0.39, 0.29) is 11.3 Å². The normalized spacial score (nSPS) is 14.2. The lowest BCUT2D eigenvalue weighted by molar-refractivity contribution is -0.145. The van der Waals surface area contributed by atoms with Crippen LogP contribution in [0.5, 0.6) is 5.75 Å². The third-order valence-corrected chi connectivity index (χ3v) is 4.02. The van der Waals surface area contributed by atoms with Gasteiger partial charge in [-0.15, -0.1) is 0 Å². The van der Waals surface area contributed by atoms with Crippen molar-refractivity contribution in [1.82, 2.24) is 0 Å². The summed E-state index contributed by atoms with van der Waals surface area (Å²) in [5.41, 5.74) is 1.08. The van der Waals surface area contributed by atoms with Crippen molar-refractivity contribution in [2.45, 2.75) is 24.8 Å². The number of nitrogens with zero attached hydrogens (tertiary/aromatic N) is 2. The van der Waals surface area contributed by atoms with Crippen LogP contribution in [0, 0.1) is 22.7 Å². The molecule has 0 bridgehead atoms. The van der Waals surface area contributed by atoms with Crippen LogP contribution >= 0.6 is 0 Å². The first-order valence-electron chi connectivity index (χ1n) is 7.81. The van der Waals surface area contributed by atoms with E-state index in [4.69, 9.17) is 21.0 Å². The van der Waals surface area contributed by atoms with Gasteiger partial charge in [0.2, 0.25) is 0 Å². The lowest BCUT2D eigenvalue weighted by Gasteiger charge is -2.31. The maximum absolute atomic E-state index is 13.3. The predicted octanol–water partition coefficient (Wildman–Crippen LogP) is 2.81. The lowest BCUT2D eigenvalue weighted by atomic mass is 9.90. The van der Waals surface area contributed by atoms with Crippen molar-refractivity contribution in [1.29, 1.82) is 10.5 Å². The number of ether oxygens (including phenoxy) is 1. The average molecular weight is 389 g/mol. The van der Waals surface area contributed by atoms with E-state index >= 15 is 0 Å². The Morgan fingerprint density at radius 1 is 1.14 bits per heavy atom. The minimum Gasteiger partial charge on any atom is -0.482 e. The van der Waals surface area contributed by atoms with Crippen LogP contribution < -0.4 is 10.5 Å². The smallest absolute Gasteiger partial charge is 0.417 e. The first kappa shape index (κ1) is 20.7. The van der Waals surface area contributed by atoms with Crippen LogP contribution in [0.1, 0.15) is 35.3 Å². The zero-order chi connectivity index (χ0) is 21.1. The molecule has 144 valence electrons. The number of aliphatic hydroxyl groups is 1. The first-order valence-corrected chi connectivity index (χ1v) is 7.81. The number of primary amides is 1. The Balaban J connectivity index is 2.58. The van der Waals surface area contributed by atoms with Gasteiger partial charge < -0.3 is 15.6 Å². The summed E-state index contributed by atoms with van der Waals surface area (Å²) in [6.07, 6.45) is -6.44. The number of rotatable bonds is 5. The predicted molar refractivity (Wildman–Crippen MR) is 90.5 cm³/mol. The number of halogens is 3. The van der Waals surface area contributed by atoms with Gasteiger partial charge in [-0.3, -0.25) is 4.79 Å². The second kappa shape index (κ2) is 7.59. The number of nitrogens with two attached hydrogens (primary N) is 1. The second-order valence-electron chi connectivity index (χ2n) is 6.06. The van der Waals surface area contributed by atoms with Crippen molar-refractivity contribution in [3.8, 4) is 17.9 Å². The highest BCUT2D eigenvalue weighted by Gasteiger charge is 2.42. The molecule has 0 aliphatic carbocycles. The first-order chi connectivity index (χ1) is 13.0. The minimum atomic E-state index is -4.83. The average Bonchev–Trinajstić information content (AvgIpc) is 2.65. The summed E-state index contributed by atoms with van der Waals surface area (Å²) in [7, 11) is 0. The molecule has 0 aliphatic rings. The van der Waals surface area contributed by atoms with Gasteiger partial charge in [0.15, 0.2) is 11.7 Å². The van der Waals surface area contributed by atoms with E-state index in [0.29, 0.717) is 11.6 Å². The minimum absolute atomic E-state index is 0.0865. The van der Waals surface area contributed by atoms with Gasteiger partial charge >= 0.3 is 6.18 Å². The Morgan fingerprint density at radius 3 is 2.21 bits per heavy atom. The summed E-state index contributed by atoms with van der Waals surface area (Å²) < 4.78 is 45.4. The van der Waals surface area contributed by atoms with Crippen LogP contribution in [-0.2, 0) is 11.0 Å². The van der Waals surface area contributed by atoms with E-state index < -0.39 is 34.9 Å². The van der Waals surface area contributed by atoms with Gasteiger partial charge in [-0.2, -0.15) is 23.7 Å². The number of hydrogen-bond donors (Lipinski definition) is 2. The molecule has 28 heavy (non-hydrogen) atoms. The molecule has 9 heteroatoms. The summed E-state index contributed by atoms with van der Waals surface area (Å²) in [5.74, 6) is -1.13. The monoisotopic (exact) mass is 389 g/mol. The zero-order valence-electron chi connectivity index (χ0n) is 14.5. The number of amides is 1. The number of alkyl halides is 3. The molecular weight excluding hydrogens is 375 g/mol. The van der Waals surface area contributed by atoms with Gasteiger partial charge in [-0.1, -0.05) is 6.07 Å². The van der Waals surface area contributed by atoms with Gasteiger partial charge in [0.1, 0.15) is 5.75 Å². The highest BCUT2D eigenvalue weighted by atomic mass is 19.4. The third kappa shape index (κ3) is 4.22. The Bertz CT molecular complexity index is 971. The number of benzene rings is 2. The topological polar surface area (TPSA) is 120 Å². The summed E-state index contributed by atoms with van der Waals surface area (Å²) in [6.45, 7) is 1.01. The highest BCUT2D eigenvalue weighted by Crippen LogP contribution is 2.37. The molecule has 2 aromatic carbocycles. The van der Waals surface area contributed by atoms with Crippen LogP contribution in [-0.4, -0.2) is 16.6 Å². The van der Waals surface area contributed by atoms with Crippen molar-refractivity contribution in [2.75, 3.05) is 0 Å². The molecule has 0 spiro atoms. The molecule has 2 unspecified atom stereocenters. The van der Waals surface area contributed by atoms with Crippen molar-refractivity contribution >= 4 is 5.91 Å². The molecule has 6 nitrogen and oxygen atoms in total. The molecule has 2 rings (SSSR count). The largest absolute Gasteiger partial charge is 0.482 e. The summed E-state index contributed by atoms with van der Waals surface area (Å²) in [5, 5.41) is 28.2. The number of carbonyl (C=O) groups is 1. The van der Waals surface area contributed by atoms with Crippen LogP contribution in [0.15, 0.2) is 42.5 Å². The molecule has 0 aliphatic heterocycles. The van der Waals surface area contributed by atoms with E-state index in [1.54, 1.807) is 0 Å². The van der Waals surface area contributed by atoms with Crippen molar-refractivity contribution in [3.63, 3.8) is 0 Å². The van der Waals surface area contributed by atoms with Crippen molar-refractivity contribution in [2.24, 2.45) is 5.73 Å². The maximum Gasteiger partial charge on any atom is 0.417 e. The van der Waals surface area contributed by atoms with Gasteiger partial charge in [0.05, 0.1) is 28.8 Å². The van der Waals surface area contributed by atoms with E-state index in [1.807, 2.05) is 6.07 Å². The molecule has 1 amide bonds. The Labute approximate surface area is 158 Å². The molecule has 0 saturated carbocycles. The molecule has 2 aromatic rings. The molecule has 0 fully saturated rings. The fourth-order valence-electron chi connectivity index (χ4n) is 2.44. The number of nitriles is 2. The standard InChI is InChI=1S/C19H14F3N3O3/c1-18(27,17(25)26)16(28-14-6-2-11(9-23)3-7-14)12-4-5-13(10-24)15(8-12)19(20,21)22/h2-8,16,27H,1H3,(H2,25,26). The highest BCUT2D eigenvalue weighted by molar-refractivity contribution is 5.83. The molecule has 0 radical (unpaired) electrons. The lowest BCUT2D eigenvalue weighted by Crippen LogP contribution is -2.48. The molecule has 0 aromatic heterocycles. The fraction of sp³-hybridized carbons (Fsp3) is 0.211. The summed E-state index contributed by atoms with van der Waals surface area (Å²) >= 11 is 0. The van der Waals surface area contributed by atoms with Crippen LogP contribution in [0.2, 0.25) is 0 Å². The summed E-state index contributed by atoms with van der Waals surface area (Å²) in [4.78, 5) is 11.7. The zero-order valence-corrected chi connectivity index (χ0v) is 14.5. The third-order valence-electron chi connectivity index (χ3n) is 4.02. The molecule has 3 N–H and O–H groups in total. The van der Waals surface area contributed by atoms with E-state index in [0.717, 1.165) is 19.1 Å². The van der Waals surface area contributed by atoms with Gasteiger partial charge in [0.25, 0.3) is 5.91 Å². The molecule has 0 heterocycles. The van der Waals surface area contributed by atoms with Gasteiger partial charge in [-0.05, 0) is 48.9 Å². The van der Waals surface area contributed by atoms with E-state index in [9.17, 15) is 23.1 Å². The van der Waals surface area contributed by atoms with Crippen LogP contribution in [0.25, 0.3) is 0 Å². The van der Waals surface area contributed by atoms with E-state index in [1.165, 1.54) is 30.3 Å². The SMILES string of the molecule is CC(O)(C(N)=O)C(Oc1ccc(C#N)cc1)c1ccc(C#N)c(C(F)(F)F)c1. The van der Waals surface area contributed by atoms with E-state index in [2.05, 4.69) is 0 Å². The Hall–Kier alpha value is -3.56. The Kier molecular flexibility index (Phi) is 5.62. The van der Waals surface area contributed by atoms with Gasteiger partial charge in [0, 0.05) is 0 Å². The quantitative estimate of drug-likeness (QED) is 0.815. The summed E-state index contributed by atoms with van der Waals surface area (Å²) in [6, 6.07) is 11.5. The van der Waals surface area contributed by atoms with Crippen LogP contribution in [0.4, 0.5) is 13.2 Å². The van der Waals surface area contributed by atoms with Crippen LogP contribution in [0.3, 0.4) is 0 Å². The molecule has 2 atom stereocenters. The van der Waals surface area contributed by atoms with Gasteiger partial charge in [-0.25, -0.2) is 0 Å². The molecule has 0 saturated heterocycles. The second-order valence-corrected chi connectivity index (χ2v) is 6.06. The maximum atomic E-state index is 13.3. The molecular formula is C19H14F3N3O3. The number of carbonyl (C=O) groups excluding carboxylic acids is 1.